The molecule has 1 saturated heterocycles. The van der Waals surface area contributed by atoms with Gasteiger partial charge in [-0.25, -0.2) is 4.79 Å². The van der Waals surface area contributed by atoms with Gasteiger partial charge in [0.2, 0.25) is 5.91 Å². The lowest BCUT2D eigenvalue weighted by Crippen LogP contribution is -2.41. The standard InChI is InChI=1S/C18H28N4O2/c1-4-21(3)16-7-5-6-15(13-16)20-18(24)22-10-8-14(9-11-22)12-17(23)19-2/h5-7,13-14H,4,8-12H2,1-3H3,(H,19,23)(H,20,24). The Morgan fingerprint density at radius 2 is 2.00 bits per heavy atom. The van der Waals surface area contributed by atoms with Crippen molar-refractivity contribution in [3.63, 3.8) is 0 Å². The average Bonchev–Trinajstić information content (AvgIpc) is 2.61. The van der Waals surface area contributed by atoms with E-state index >= 15 is 0 Å². The van der Waals surface area contributed by atoms with Crippen LogP contribution in [0.3, 0.4) is 0 Å². The van der Waals surface area contributed by atoms with Crippen molar-refractivity contribution in [2.75, 3.05) is 43.9 Å². The molecule has 1 fully saturated rings. The second-order valence-electron chi connectivity index (χ2n) is 6.30. The van der Waals surface area contributed by atoms with Crippen LogP contribution in [0.25, 0.3) is 0 Å². The number of hydrogen-bond donors (Lipinski definition) is 2. The predicted octanol–water partition coefficient (Wildman–Crippen LogP) is 2.52. The minimum atomic E-state index is -0.0651. The average molecular weight is 332 g/mol. The Kier molecular flexibility index (Phi) is 6.46. The molecule has 2 rings (SSSR count). The summed E-state index contributed by atoms with van der Waals surface area (Å²) in [6.07, 6.45) is 2.30. The Morgan fingerprint density at radius 3 is 2.62 bits per heavy atom. The normalized spacial score (nSPS) is 15.0. The van der Waals surface area contributed by atoms with Crippen LogP contribution in [0.5, 0.6) is 0 Å². The maximum Gasteiger partial charge on any atom is 0.321 e. The van der Waals surface area contributed by atoms with Gasteiger partial charge in [-0.05, 0) is 43.9 Å². The van der Waals surface area contributed by atoms with E-state index < -0.39 is 0 Å². The first-order valence-corrected chi connectivity index (χ1v) is 8.61. The van der Waals surface area contributed by atoms with E-state index in [9.17, 15) is 9.59 Å². The molecule has 1 aliphatic rings. The molecule has 6 heteroatoms. The van der Waals surface area contributed by atoms with Gasteiger partial charge in [0, 0.05) is 51.5 Å². The van der Waals surface area contributed by atoms with Crippen LogP contribution in [-0.2, 0) is 4.79 Å². The SMILES string of the molecule is CCN(C)c1cccc(NC(=O)N2CCC(CC(=O)NC)CC2)c1. The highest BCUT2D eigenvalue weighted by Gasteiger charge is 2.24. The topological polar surface area (TPSA) is 64.7 Å². The van der Waals surface area contributed by atoms with Crippen LogP contribution < -0.4 is 15.5 Å². The number of nitrogens with zero attached hydrogens (tertiary/aromatic N) is 2. The zero-order valence-corrected chi connectivity index (χ0v) is 14.8. The third-order valence-electron chi connectivity index (χ3n) is 4.67. The van der Waals surface area contributed by atoms with Crippen molar-refractivity contribution in [3.8, 4) is 0 Å². The molecule has 1 heterocycles. The number of likely N-dealkylation sites (tertiary alicyclic amines) is 1. The molecule has 0 aliphatic carbocycles. The molecule has 6 nitrogen and oxygen atoms in total. The van der Waals surface area contributed by atoms with E-state index in [0.717, 1.165) is 30.8 Å². The zero-order chi connectivity index (χ0) is 17.5. The van der Waals surface area contributed by atoms with Gasteiger partial charge in [-0.15, -0.1) is 0 Å². The van der Waals surface area contributed by atoms with E-state index in [1.165, 1.54) is 0 Å². The number of hydrogen-bond acceptors (Lipinski definition) is 3. The molecule has 1 aromatic carbocycles. The van der Waals surface area contributed by atoms with Crippen LogP contribution in [0, 0.1) is 5.92 Å². The van der Waals surface area contributed by atoms with Crippen molar-refractivity contribution >= 4 is 23.3 Å². The molecule has 0 bridgehead atoms. The fraction of sp³-hybridized carbons (Fsp3) is 0.556. The van der Waals surface area contributed by atoms with Crippen LogP contribution in [-0.4, -0.2) is 50.6 Å². The van der Waals surface area contributed by atoms with Crippen molar-refractivity contribution in [2.24, 2.45) is 5.92 Å². The number of rotatable bonds is 5. The van der Waals surface area contributed by atoms with Crippen LogP contribution in [0.1, 0.15) is 26.2 Å². The molecule has 0 atom stereocenters. The second-order valence-corrected chi connectivity index (χ2v) is 6.30. The lowest BCUT2D eigenvalue weighted by molar-refractivity contribution is -0.121. The fourth-order valence-electron chi connectivity index (χ4n) is 2.91. The number of amides is 3. The molecule has 132 valence electrons. The first kappa shape index (κ1) is 18.1. The number of carbonyl (C=O) groups is 2. The molecule has 0 unspecified atom stereocenters. The highest BCUT2D eigenvalue weighted by molar-refractivity contribution is 5.90. The molecule has 24 heavy (non-hydrogen) atoms. The van der Waals surface area contributed by atoms with Gasteiger partial charge in [-0.2, -0.15) is 0 Å². The van der Waals surface area contributed by atoms with Gasteiger partial charge in [-0.3, -0.25) is 4.79 Å². The molecular weight excluding hydrogens is 304 g/mol. The van der Waals surface area contributed by atoms with E-state index in [2.05, 4.69) is 22.5 Å². The van der Waals surface area contributed by atoms with Gasteiger partial charge in [0.05, 0.1) is 0 Å². The highest BCUT2D eigenvalue weighted by Crippen LogP contribution is 2.22. The largest absolute Gasteiger partial charge is 0.375 e. The summed E-state index contributed by atoms with van der Waals surface area (Å²) in [6.45, 7) is 4.40. The Balaban J connectivity index is 1.86. The van der Waals surface area contributed by atoms with Gasteiger partial charge in [0.1, 0.15) is 0 Å². The van der Waals surface area contributed by atoms with Crippen LogP contribution in [0.2, 0.25) is 0 Å². The van der Waals surface area contributed by atoms with Gasteiger partial charge in [-0.1, -0.05) is 6.07 Å². The maximum absolute atomic E-state index is 12.4. The highest BCUT2D eigenvalue weighted by atomic mass is 16.2. The van der Waals surface area contributed by atoms with Gasteiger partial charge in [0.25, 0.3) is 0 Å². The van der Waals surface area contributed by atoms with Gasteiger partial charge < -0.3 is 20.4 Å². The zero-order valence-electron chi connectivity index (χ0n) is 14.8. The number of urea groups is 1. The Labute approximate surface area is 144 Å². The summed E-state index contributed by atoms with van der Waals surface area (Å²) in [5.74, 6) is 0.449. The summed E-state index contributed by atoms with van der Waals surface area (Å²) in [4.78, 5) is 27.8. The van der Waals surface area contributed by atoms with Crippen molar-refractivity contribution < 1.29 is 9.59 Å². The first-order valence-electron chi connectivity index (χ1n) is 8.61. The minimum Gasteiger partial charge on any atom is -0.375 e. The van der Waals surface area contributed by atoms with E-state index in [4.69, 9.17) is 0 Å². The summed E-state index contributed by atoms with van der Waals surface area (Å²) >= 11 is 0. The molecular formula is C18H28N4O2. The lowest BCUT2D eigenvalue weighted by atomic mass is 9.93. The number of piperidine rings is 1. The predicted molar refractivity (Wildman–Crippen MR) is 97.4 cm³/mol. The van der Waals surface area contributed by atoms with E-state index in [1.54, 1.807) is 7.05 Å². The van der Waals surface area contributed by atoms with Crippen LogP contribution in [0.15, 0.2) is 24.3 Å². The number of benzene rings is 1. The van der Waals surface area contributed by atoms with E-state index in [1.807, 2.05) is 36.2 Å². The second kappa shape index (κ2) is 8.57. The van der Waals surface area contributed by atoms with Crippen LogP contribution >= 0.6 is 0 Å². The van der Waals surface area contributed by atoms with E-state index in [-0.39, 0.29) is 11.9 Å². The lowest BCUT2D eigenvalue weighted by Gasteiger charge is -2.31. The number of anilines is 2. The van der Waals surface area contributed by atoms with Crippen molar-refractivity contribution in [1.82, 2.24) is 10.2 Å². The summed E-state index contributed by atoms with van der Waals surface area (Å²) in [6, 6.07) is 7.81. The van der Waals surface area contributed by atoms with Crippen molar-refractivity contribution in [3.05, 3.63) is 24.3 Å². The summed E-state index contributed by atoms with van der Waals surface area (Å²) in [5, 5.41) is 5.64. The molecule has 0 spiro atoms. The van der Waals surface area contributed by atoms with Gasteiger partial charge in [0.15, 0.2) is 0 Å². The number of nitrogens with one attached hydrogen (secondary N) is 2. The Bertz CT molecular complexity index is 568. The van der Waals surface area contributed by atoms with Crippen LogP contribution in [0.4, 0.5) is 16.2 Å². The maximum atomic E-state index is 12.4. The van der Waals surface area contributed by atoms with Crippen molar-refractivity contribution in [2.45, 2.75) is 26.2 Å². The molecule has 1 aliphatic heterocycles. The molecule has 2 N–H and O–H groups in total. The summed E-state index contributed by atoms with van der Waals surface area (Å²) in [5.41, 5.74) is 1.89. The Morgan fingerprint density at radius 1 is 1.29 bits per heavy atom. The van der Waals surface area contributed by atoms with Gasteiger partial charge >= 0.3 is 6.03 Å². The summed E-state index contributed by atoms with van der Waals surface area (Å²) < 4.78 is 0. The first-order chi connectivity index (χ1) is 11.5. The molecule has 0 saturated carbocycles. The monoisotopic (exact) mass is 332 g/mol. The molecule has 3 amide bonds. The third kappa shape index (κ3) is 4.88. The van der Waals surface area contributed by atoms with E-state index in [0.29, 0.717) is 25.4 Å². The fourth-order valence-corrected chi connectivity index (χ4v) is 2.91. The third-order valence-corrected chi connectivity index (χ3v) is 4.67. The molecule has 0 radical (unpaired) electrons. The quantitative estimate of drug-likeness (QED) is 0.871. The molecule has 0 aromatic heterocycles. The minimum absolute atomic E-state index is 0.0651. The Hall–Kier alpha value is -2.24. The number of carbonyl (C=O) groups excluding carboxylic acids is 2. The summed E-state index contributed by atoms with van der Waals surface area (Å²) in [7, 11) is 3.69. The smallest absolute Gasteiger partial charge is 0.321 e. The van der Waals surface area contributed by atoms with Crippen molar-refractivity contribution in [1.29, 1.82) is 0 Å². The molecule has 1 aromatic rings.